The fourth-order valence-corrected chi connectivity index (χ4v) is 3.06. The Labute approximate surface area is 152 Å². The summed E-state index contributed by atoms with van der Waals surface area (Å²) in [6.45, 7) is 14.8. The molecular weight excluding hydrogens is 391 g/mol. The number of nitrogens with one attached hydrogen (secondary N) is 2. The van der Waals surface area contributed by atoms with Gasteiger partial charge in [-0.2, -0.15) is 0 Å². The highest BCUT2D eigenvalue weighted by atomic mass is 127. The van der Waals surface area contributed by atoms with Gasteiger partial charge in [-0.05, 0) is 33.1 Å². The van der Waals surface area contributed by atoms with Gasteiger partial charge in [0.15, 0.2) is 5.96 Å². The Morgan fingerprint density at radius 1 is 1.36 bits per heavy atom. The normalized spacial score (nSPS) is 29.7. The molecule has 0 aliphatic carbocycles. The highest BCUT2D eigenvalue weighted by molar-refractivity contribution is 14.0. The molecule has 2 heterocycles. The molecular formula is C16H33IN4O. The third-order valence-electron chi connectivity index (χ3n) is 4.57. The molecule has 0 saturated carbocycles. The third kappa shape index (κ3) is 5.85. The van der Waals surface area contributed by atoms with Crippen molar-refractivity contribution < 1.29 is 4.74 Å². The van der Waals surface area contributed by atoms with Gasteiger partial charge in [0.1, 0.15) is 0 Å². The van der Waals surface area contributed by atoms with Crippen LogP contribution in [0.1, 0.15) is 34.1 Å². The highest BCUT2D eigenvalue weighted by Gasteiger charge is 2.31. The molecule has 0 amide bonds. The van der Waals surface area contributed by atoms with E-state index in [9.17, 15) is 0 Å². The molecule has 0 aromatic rings. The lowest BCUT2D eigenvalue weighted by Crippen LogP contribution is -2.47. The van der Waals surface area contributed by atoms with Crippen molar-refractivity contribution in [1.82, 2.24) is 15.5 Å². The second-order valence-corrected chi connectivity index (χ2v) is 6.73. The summed E-state index contributed by atoms with van der Waals surface area (Å²) < 4.78 is 5.42. The molecule has 0 radical (unpaired) electrons. The minimum Gasteiger partial charge on any atom is -0.381 e. The van der Waals surface area contributed by atoms with Crippen molar-refractivity contribution in [3.8, 4) is 0 Å². The molecule has 130 valence electrons. The fourth-order valence-electron chi connectivity index (χ4n) is 3.06. The van der Waals surface area contributed by atoms with E-state index in [2.05, 4.69) is 43.2 Å². The molecule has 22 heavy (non-hydrogen) atoms. The van der Waals surface area contributed by atoms with Crippen molar-refractivity contribution in [3.05, 3.63) is 0 Å². The van der Waals surface area contributed by atoms with E-state index < -0.39 is 0 Å². The summed E-state index contributed by atoms with van der Waals surface area (Å²) in [6.07, 6.45) is 1.14. The second kappa shape index (κ2) is 9.93. The average molecular weight is 424 g/mol. The van der Waals surface area contributed by atoms with Gasteiger partial charge in [0.05, 0.1) is 6.61 Å². The monoisotopic (exact) mass is 424 g/mol. The summed E-state index contributed by atoms with van der Waals surface area (Å²) in [7, 11) is 0. The highest BCUT2D eigenvalue weighted by Crippen LogP contribution is 2.18. The fraction of sp³-hybridized carbons (Fsp3) is 0.938. The van der Waals surface area contributed by atoms with E-state index in [-0.39, 0.29) is 24.0 Å². The number of halogens is 1. The Hall–Kier alpha value is -0.0800. The molecule has 2 N–H and O–H groups in total. The second-order valence-electron chi connectivity index (χ2n) is 6.73. The van der Waals surface area contributed by atoms with E-state index >= 15 is 0 Å². The van der Waals surface area contributed by atoms with Crippen molar-refractivity contribution in [2.75, 3.05) is 39.4 Å². The van der Waals surface area contributed by atoms with Crippen LogP contribution in [-0.4, -0.2) is 62.3 Å². The van der Waals surface area contributed by atoms with Crippen molar-refractivity contribution in [1.29, 1.82) is 0 Å². The zero-order valence-electron chi connectivity index (χ0n) is 14.5. The first-order valence-electron chi connectivity index (χ1n) is 8.46. The van der Waals surface area contributed by atoms with Gasteiger partial charge in [-0.15, -0.1) is 24.0 Å². The third-order valence-corrected chi connectivity index (χ3v) is 4.57. The van der Waals surface area contributed by atoms with Crippen LogP contribution in [0.2, 0.25) is 0 Å². The van der Waals surface area contributed by atoms with E-state index in [1.165, 1.54) is 6.54 Å². The van der Waals surface area contributed by atoms with E-state index in [0.29, 0.717) is 23.9 Å². The lowest BCUT2D eigenvalue weighted by Gasteiger charge is -2.22. The largest absolute Gasteiger partial charge is 0.381 e. The summed E-state index contributed by atoms with van der Waals surface area (Å²) in [5, 5.41) is 7.01. The predicted molar refractivity (Wildman–Crippen MR) is 103 cm³/mol. The zero-order valence-corrected chi connectivity index (χ0v) is 16.8. The first kappa shape index (κ1) is 20.0. The number of guanidine groups is 1. The number of hydrogen-bond donors (Lipinski definition) is 2. The Kier molecular flexibility index (Phi) is 9.01. The molecule has 6 heteroatoms. The van der Waals surface area contributed by atoms with Gasteiger partial charge in [0, 0.05) is 50.8 Å². The maximum Gasteiger partial charge on any atom is 0.191 e. The van der Waals surface area contributed by atoms with Gasteiger partial charge in [0.25, 0.3) is 0 Å². The molecule has 2 rings (SSSR count). The van der Waals surface area contributed by atoms with Crippen LogP contribution in [0.25, 0.3) is 0 Å². The first-order chi connectivity index (χ1) is 10.1. The summed E-state index contributed by atoms with van der Waals surface area (Å²) in [5.41, 5.74) is 0. The molecule has 0 bridgehead atoms. The van der Waals surface area contributed by atoms with E-state index in [1.807, 2.05) is 0 Å². The predicted octanol–water partition coefficient (Wildman–Crippen LogP) is 1.92. The van der Waals surface area contributed by atoms with E-state index in [1.54, 1.807) is 0 Å². The lowest BCUT2D eigenvalue weighted by molar-refractivity contribution is 0.187. The van der Waals surface area contributed by atoms with Gasteiger partial charge < -0.3 is 15.4 Å². The maximum atomic E-state index is 5.42. The van der Waals surface area contributed by atoms with Crippen molar-refractivity contribution in [2.24, 2.45) is 16.8 Å². The number of rotatable bonds is 5. The molecule has 0 spiro atoms. The first-order valence-corrected chi connectivity index (χ1v) is 8.46. The van der Waals surface area contributed by atoms with Gasteiger partial charge in [-0.1, -0.05) is 6.92 Å². The molecule has 2 saturated heterocycles. The number of likely N-dealkylation sites (tertiary alicyclic amines) is 1. The van der Waals surface area contributed by atoms with Crippen molar-refractivity contribution >= 4 is 29.9 Å². The Bertz CT molecular complexity index is 345. The number of nitrogens with zero attached hydrogens (tertiary/aromatic N) is 2. The van der Waals surface area contributed by atoms with Crippen molar-refractivity contribution in [3.63, 3.8) is 0 Å². The molecule has 3 unspecified atom stereocenters. The quantitative estimate of drug-likeness (QED) is 0.402. The van der Waals surface area contributed by atoms with Crippen LogP contribution in [0.15, 0.2) is 4.99 Å². The molecule has 2 aliphatic rings. The molecule has 0 aromatic carbocycles. The smallest absolute Gasteiger partial charge is 0.191 e. The van der Waals surface area contributed by atoms with Gasteiger partial charge in [0.2, 0.25) is 0 Å². The van der Waals surface area contributed by atoms with Crippen LogP contribution in [0.4, 0.5) is 0 Å². The standard InChI is InChI=1S/C16H32N4O.HI/c1-5-17-16(18-8-14-6-7-21-11-14)19-15-10-20(12(2)3)9-13(15)4;/h12-15H,5-11H2,1-4H3,(H2,17,18,19);1H. The zero-order chi connectivity index (χ0) is 15.2. The molecule has 2 aliphatic heterocycles. The molecule has 0 aromatic heterocycles. The number of ether oxygens (including phenoxy) is 1. The summed E-state index contributed by atoms with van der Waals surface area (Å²) in [5.74, 6) is 2.21. The Morgan fingerprint density at radius 3 is 2.68 bits per heavy atom. The number of aliphatic imine (C=N–C) groups is 1. The van der Waals surface area contributed by atoms with Gasteiger partial charge in [-0.25, -0.2) is 0 Å². The average Bonchev–Trinajstić information content (AvgIpc) is 3.07. The lowest BCUT2D eigenvalue weighted by atomic mass is 10.1. The van der Waals surface area contributed by atoms with Gasteiger partial charge >= 0.3 is 0 Å². The van der Waals surface area contributed by atoms with Gasteiger partial charge in [-0.3, -0.25) is 9.89 Å². The summed E-state index contributed by atoms with van der Waals surface area (Å²) in [6, 6.07) is 1.11. The summed E-state index contributed by atoms with van der Waals surface area (Å²) >= 11 is 0. The topological polar surface area (TPSA) is 48.9 Å². The minimum atomic E-state index is 0. The van der Waals surface area contributed by atoms with Crippen LogP contribution in [0, 0.1) is 11.8 Å². The van der Waals surface area contributed by atoms with Crippen molar-refractivity contribution in [2.45, 2.75) is 46.2 Å². The molecule has 2 fully saturated rings. The van der Waals surface area contributed by atoms with Crippen LogP contribution in [-0.2, 0) is 4.74 Å². The summed E-state index contributed by atoms with van der Waals surface area (Å²) in [4.78, 5) is 7.30. The molecule has 5 nitrogen and oxygen atoms in total. The van der Waals surface area contributed by atoms with E-state index in [4.69, 9.17) is 9.73 Å². The Morgan fingerprint density at radius 2 is 2.14 bits per heavy atom. The maximum absolute atomic E-state index is 5.42. The molecule has 3 atom stereocenters. The van der Waals surface area contributed by atoms with Crippen LogP contribution in [0.3, 0.4) is 0 Å². The van der Waals surface area contributed by atoms with E-state index in [0.717, 1.165) is 45.2 Å². The number of hydrogen-bond acceptors (Lipinski definition) is 3. The van der Waals surface area contributed by atoms with Crippen LogP contribution < -0.4 is 10.6 Å². The van der Waals surface area contributed by atoms with Crippen LogP contribution in [0.5, 0.6) is 0 Å². The Balaban J connectivity index is 0.00000242. The SMILES string of the molecule is CCNC(=NCC1CCOC1)NC1CN(C(C)C)CC1C.I. The van der Waals surface area contributed by atoms with Crippen LogP contribution >= 0.6 is 24.0 Å². The minimum absolute atomic E-state index is 0.